The molecule has 3 heterocycles. The highest BCUT2D eigenvalue weighted by atomic mass is 16.5. The van der Waals surface area contributed by atoms with Crippen molar-refractivity contribution in [1.82, 2.24) is 19.5 Å². The monoisotopic (exact) mass is 302 g/mol. The third kappa shape index (κ3) is 3.54. The number of aromatic nitrogens is 4. The quantitative estimate of drug-likeness (QED) is 0.901. The van der Waals surface area contributed by atoms with Crippen LogP contribution < -0.4 is 10.2 Å². The maximum atomic E-state index is 5.49. The second kappa shape index (κ2) is 6.74. The maximum Gasteiger partial charge on any atom is 0.227 e. The van der Waals surface area contributed by atoms with E-state index in [1.807, 2.05) is 35.8 Å². The van der Waals surface area contributed by atoms with Crippen LogP contribution in [0, 0.1) is 0 Å². The van der Waals surface area contributed by atoms with Gasteiger partial charge in [0.05, 0.1) is 19.2 Å². The average Bonchev–Trinajstić information content (AvgIpc) is 2.94. The van der Waals surface area contributed by atoms with Crippen molar-refractivity contribution < 1.29 is 4.74 Å². The molecule has 0 unspecified atom stereocenters. The number of nitrogens with zero attached hydrogens (tertiary/aromatic N) is 5. The molecule has 1 aliphatic rings. The first-order valence-electron chi connectivity index (χ1n) is 7.57. The molecule has 0 radical (unpaired) electrons. The molecule has 1 N–H and O–H groups in total. The molecule has 22 heavy (non-hydrogen) atoms. The Kier molecular flexibility index (Phi) is 4.53. The molecule has 7 heteroatoms. The highest BCUT2D eigenvalue weighted by Gasteiger charge is 2.15. The van der Waals surface area contributed by atoms with Gasteiger partial charge >= 0.3 is 0 Å². The Labute approximate surface area is 130 Å². The van der Waals surface area contributed by atoms with Gasteiger partial charge in [0, 0.05) is 39.3 Å². The third-order valence-electron chi connectivity index (χ3n) is 3.80. The van der Waals surface area contributed by atoms with Crippen molar-refractivity contribution in [2.24, 2.45) is 7.05 Å². The van der Waals surface area contributed by atoms with E-state index in [-0.39, 0.29) is 0 Å². The summed E-state index contributed by atoms with van der Waals surface area (Å²) in [7, 11) is 3.95. The van der Waals surface area contributed by atoms with Crippen molar-refractivity contribution in [3.63, 3.8) is 0 Å². The van der Waals surface area contributed by atoms with Crippen LogP contribution in [-0.4, -0.2) is 45.8 Å². The van der Waals surface area contributed by atoms with Crippen LogP contribution in [0.15, 0.2) is 24.7 Å². The Bertz CT molecular complexity index is 608. The molecule has 0 spiro atoms. The lowest BCUT2D eigenvalue weighted by atomic mass is 10.1. The number of rotatable bonds is 5. The lowest BCUT2D eigenvalue weighted by molar-refractivity contribution is 0.0875. The van der Waals surface area contributed by atoms with Crippen LogP contribution in [0.25, 0.3) is 0 Å². The maximum absolute atomic E-state index is 5.49. The molecule has 2 aromatic rings. The van der Waals surface area contributed by atoms with E-state index in [0.717, 1.165) is 37.7 Å². The molecular weight excluding hydrogens is 280 g/mol. The second-order valence-electron chi connectivity index (χ2n) is 5.61. The first kappa shape index (κ1) is 14.8. The molecule has 2 aromatic heterocycles. The second-order valence-corrected chi connectivity index (χ2v) is 5.61. The summed E-state index contributed by atoms with van der Waals surface area (Å²) in [4.78, 5) is 15.3. The predicted molar refractivity (Wildman–Crippen MR) is 84.8 cm³/mol. The van der Waals surface area contributed by atoms with E-state index in [1.165, 1.54) is 0 Å². The standard InChI is InChI=1S/C15H22N6O/c1-20-8-7-16-14(20)10-21(2)15-17-6-5-13(19-15)18-12-4-3-9-22-11-12/h5-8,12H,3-4,9-11H2,1-2H3,(H,17,18,19)/t12-/m1/s1. The van der Waals surface area contributed by atoms with E-state index in [2.05, 4.69) is 20.3 Å². The minimum atomic E-state index is 0.330. The van der Waals surface area contributed by atoms with E-state index in [4.69, 9.17) is 4.74 Å². The largest absolute Gasteiger partial charge is 0.379 e. The van der Waals surface area contributed by atoms with Gasteiger partial charge in [-0.15, -0.1) is 0 Å². The Morgan fingerprint density at radius 3 is 3.05 bits per heavy atom. The van der Waals surface area contributed by atoms with Crippen LogP contribution in [-0.2, 0) is 18.3 Å². The van der Waals surface area contributed by atoms with E-state index >= 15 is 0 Å². The Hall–Kier alpha value is -2.15. The fourth-order valence-electron chi connectivity index (χ4n) is 2.51. The predicted octanol–water partition coefficient (Wildman–Crippen LogP) is 1.44. The Balaban J connectivity index is 1.66. The number of aryl methyl sites for hydroxylation is 1. The number of hydrogen-bond donors (Lipinski definition) is 1. The lowest BCUT2D eigenvalue weighted by Crippen LogP contribution is -2.30. The number of imidazole rings is 1. The molecule has 1 fully saturated rings. The first-order valence-corrected chi connectivity index (χ1v) is 7.57. The molecule has 0 aromatic carbocycles. The van der Waals surface area contributed by atoms with Gasteiger partial charge in [0.1, 0.15) is 11.6 Å². The zero-order valence-electron chi connectivity index (χ0n) is 13.1. The minimum Gasteiger partial charge on any atom is -0.379 e. The van der Waals surface area contributed by atoms with Crippen molar-refractivity contribution in [3.05, 3.63) is 30.5 Å². The van der Waals surface area contributed by atoms with Crippen LogP contribution >= 0.6 is 0 Å². The lowest BCUT2D eigenvalue weighted by Gasteiger charge is -2.24. The molecule has 1 saturated heterocycles. The van der Waals surface area contributed by atoms with Gasteiger partial charge in [0.15, 0.2) is 0 Å². The summed E-state index contributed by atoms with van der Waals surface area (Å²) in [6, 6.07) is 2.23. The van der Waals surface area contributed by atoms with Crippen LogP contribution in [0.1, 0.15) is 18.7 Å². The summed E-state index contributed by atoms with van der Waals surface area (Å²) < 4.78 is 7.49. The van der Waals surface area contributed by atoms with Crippen LogP contribution in [0.3, 0.4) is 0 Å². The van der Waals surface area contributed by atoms with E-state index in [1.54, 1.807) is 12.4 Å². The number of anilines is 2. The van der Waals surface area contributed by atoms with E-state index in [0.29, 0.717) is 18.5 Å². The smallest absolute Gasteiger partial charge is 0.227 e. The van der Waals surface area contributed by atoms with Crippen molar-refractivity contribution in [2.75, 3.05) is 30.5 Å². The average molecular weight is 302 g/mol. The summed E-state index contributed by atoms with van der Waals surface area (Å²) in [5.41, 5.74) is 0. The first-order chi connectivity index (χ1) is 10.7. The van der Waals surface area contributed by atoms with Crippen LogP contribution in [0.4, 0.5) is 11.8 Å². The highest BCUT2D eigenvalue weighted by Crippen LogP contribution is 2.15. The van der Waals surface area contributed by atoms with E-state index < -0.39 is 0 Å². The number of nitrogens with one attached hydrogen (secondary N) is 1. The molecule has 3 rings (SSSR count). The summed E-state index contributed by atoms with van der Waals surface area (Å²) >= 11 is 0. The number of ether oxygens (including phenoxy) is 1. The van der Waals surface area contributed by atoms with Gasteiger partial charge in [-0.25, -0.2) is 9.97 Å². The summed E-state index contributed by atoms with van der Waals surface area (Å²) in [5, 5.41) is 3.42. The fourth-order valence-corrected chi connectivity index (χ4v) is 2.51. The van der Waals surface area contributed by atoms with Gasteiger partial charge in [0.25, 0.3) is 0 Å². The van der Waals surface area contributed by atoms with Crippen molar-refractivity contribution in [2.45, 2.75) is 25.4 Å². The molecule has 7 nitrogen and oxygen atoms in total. The molecular formula is C15H22N6O. The molecule has 1 atom stereocenters. The normalized spacial score (nSPS) is 18.2. The summed E-state index contributed by atoms with van der Waals surface area (Å²) in [6.07, 6.45) is 7.72. The topological polar surface area (TPSA) is 68.1 Å². The van der Waals surface area contributed by atoms with Crippen LogP contribution in [0.2, 0.25) is 0 Å². The zero-order chi connectivity index (χ0) is 15.4. The zero-order valence-corrected chi connectivity index (χ0v) is 13.1. The van der Waals surface area contributed by atoms with Crippen molar-refractivity contribution in [3.8, 4) is 0 Å². The van der Waals surface area contributed by atoms with Gasteiger partial charge in [-0.3, -0.25) is 0 Å². The molecule has 0 saturated carbocycles. The number of hydrogen-bond acceptors (Lipinski definition) is 6. The molecule has 118 valence electrons. The SMILES string of the molecule is CN(Cc1nccn1C)c1nccc(N[C@@H]2CCCOC2)n1. The van der Waals surface area contributed by atoms with E-state index in [9.17, 15) is 0 Å². The van der Waals surface area contributed by atoms with Gasteiger partial charge in [-0.05, 0) is 18.9 Å². The Morgan fingerprint density at radius 1 is 1.41 bits per heavy atom. The molecule has 0 aliphatic carbocycles. The highest BCUT2D eigenvalue weighted by molar-refractivity contribution is 5.41. The molecule has 1 aliphatic heterocycles. The van der Waals surface area contributed by atoms with Gasteiger partial charge in [-0.1, -0.05) is 0 Å². The summed E-state index contributed by atoms with van der Waals surface area (Å²) in [5.74, 6) is 2.50. The molecule has 0 amide bonds. The van der Waals surface area contributed by atoms with Crippen molar-refractivity contribution in [1.29, 1.82) is 0 Å². The Morgan fingerprint density at radius 2 is 2.32 bits per heavy atom. The minimum absolute atomic E-state index is 0.330. The summed E-state index contributed by atoms with van der Waals surface area (Å²) in [6.45, 7) is 2.27. The van der Waals surface area contributed by atoms with Gasteiger partial charge in [-0.2, -0.15) is 4.98 Å². The van der Waals surface area contributed by atoms with Crippen LogP contribution in [0.5, 0.6) is 0 Å². The van der Waals surface area contributed by atoms with Crippen molar-refractivity contribution >= 4 is 11.8 Å². The van der Waals surface area contributed by atoms with Gasteiger partial charge < -0.3 is 19.5 Å². The fraction of sp³-hybridized carbons (Fsp3) is 0.533. The molecule has 0 bridgehead atoms. The third-order valence-corrected chi connectivity index (χ3v) is 3.80. The van der Waals surface area contributed by atoms with Gasteiger partial charge in [0.2, 0.25) is 5.95 Å².